The molecule has 24 heavy (non-hydrogen) atoms. The number of fused-ring (bicyclic) bond motifs is 1. The molecule has 0 atom stereocenters. The number of nitrogens with two attached hydrogens (primary N) is 2. The minimum absolute atomic E-state index is 0.0714. The number of nitrogens with zero attached hydrogens (tertiary/aromatic N) is 3. The Balaban J connectivity index is 2.03. The molecule has 1 heterocycles. The van der Waals surface area contributed by atoms with Crippen LogP contribution in [0, 0.1) is 0 Å². The number of aromatic nitrogens is 2. The summed E-state index contributed by atoms with van der Waals surface area (Å²) in [6.45, 7) is 4.76. The molecule has 0 aliphatic rings. The zero-order valence-electron chi connectivity index (χ0n) is 13.9. The highest BCUT2D eigenvalue weighted by Crippen LogP contribution is 2.24. The van der Waals surface area contributed by atoms with Crippen molar-refractivity contribution in [1.82, 2.24) is 9.97 Å². The second kappa shape index (κ2) is 6.66. The third-order valence-electron chi connectivity index (χ3n) is 3.94. The van der Waals surface area contributed by atoms with Crippen molar-refractivity contribution in [1.29, 1.82) is 0 Å². The molecule has 0 aliphatic carbocycles. The predicted molar refractivity (Wildman–Crippen MR) is 98.6 cm³/mol. The molecule has 0 fully saturated rings. The van der Waals surface area contributed by atoms with Crippen LogP contribution >= 0.6 is 0 Å². The molecule has 4 N–H and O–H groups in total. The molecule has 3 aromatic rings. The van der Waals surface area contributed by atoms with Gasteiger partial charge in [0, 0.05) is 11.1 Å². The molecule has 0 radical (unpaired) electrons. The Morgan fingerprint density at radius 3 is 2.67 bits per heavy atom. The summed E-state index contributed by atoms with van der Waals surface area (Å²) >= 11 is 0. The Kier molecular flexibility index (Phi) is 4.42. The lowest BCUT2D eigenvalue weighted by Gasteiger charge is -2.09. The summed E-state index contributed by atoms with van der Waals surface area (Å²) in [5, 5.41) is 0. The van der Waals surface area contributed by atoms with Crippen molar-refractivity contribution in [2.75, 3.05) is 0 Å². The number of rotatable bonds is 4. The molecular formula is C19H21N5. The van der Waals surface area contributed by atoms with E-state index in [-0.39, 0.29) is 5.96 Å². The maximum Gasteiger partial charge on any atom is 0.186 e. The topological polar surface area (TPSA) is 90.2 Å². The van der Waals surface area contributed by atoms with Crippen LogP contribution in [0.15, 0.2) is 53.7 Å². The average Bonchev–Trinajstić information content (AvgIpc) is 2.59. The van der Waals surface area contributed by atoms with E-state index >= 15 is 0 Å². The fraction of sp³-hybridized carbons (Fsp3) is 0.211. The van der Waals surface area contributed by atoms with Crippen LogP contribution in [0.3, 0.4) is 0 Å². The summed E-state index contributed by atoms with van der Waals surface area (Å²) in [6, 6.07) is 14.3. The Labute approximate surface area is 141 Å². The zero-order chi connectivity index (χ0) is 17.1. The van der Waals surface area contributed by atoms with Crippen molar-refractivity contribution in [2.24, 2.45) is 16.5 Å². The van der Waals surface area contributed by atoms with E-state index in [0.29, 0.717) is 12.5 Å². The van der Waals surface area contributed by atoms with Gasteiger partial charge in [-0.1, -0.05) is 44.2 Å². The van der Waals surface area contributed by atoms with E-state index in [9.17, 15) is 0 Å². The maximum atomic E-state index is 5.41. The van der Waals surface area contributed by atoms with E-state index in [1.54, 1.807) is 6.20 Å². The summed E-state index contributed by atoms with van der Waals surface area (Å²) in [4.78, 5) is 13.4. The Hall–Kier alpha value is -2.95. The molecule has 0 saturated carbocycles. The summed E-state index contributed by atoms with van der Waals surface area (Å²) < 4.78 is 0. The van der Waals surface area contributed by atoms with Crippen LogP contribution in [0.1, 0.15) is 30.9 Å². The maximum absolute atomic E-state index is 5.41. The Morgan fingerprint density at radius 2 is 1.92 bits per heavy atom. The molecule has 122 valence electrons. The molecule has 0 unspecified atom stereocenters. The molecule has 5 heteroatoms. The third kappa shape index (κ3) is 3.35. The second-order valence-electron chi connectivity index (χ2n) is 6.06. The standard InChI is InChI=1S/C19H21N5/c1-12(2)13-5-3-6-14(9-13)17-11-22-18-15(10-23-19(20)21)7-4-8-16(18)24-17/h3-9,11-12H,10H2,1-2H3,(H4,20,21,23). The fourth-order valence-corrected chi connectivity index (χ4v) is 2.60. The highest BCUT2D eigenvalue weighted by atomic mass is 15.0. The first kappa shape index (κ1) is 15.9. The van der Waals surface area contributed by atoms with Gasteiger partial charge in [-0.2, -0.15) is 0 Å². The van der Waals surface area contributed by atoms with Crippen LogP contribution in [0.5, 0.6) is 0 Å². The van der Waals surface area contributed by atoms with E-state index in [1.165, 1.54) is 5.56 Å². The van der Waals surface area contributed by atoms with E-state index in [0.717, 1.165) is 27.9 Å². The molecule has 0 saturated heterocycles. The van der Waals surface area contributed by atoms with Gasteiger partial charge in [-0.15, -0.1) is 0 Å². The van der Waals surface area contributed by atoms with E-state index in [2.05, 4.69) is 48.1 Å². The molecule has 0 aliphatic heterocycles. The summed E-state index contributed by atoms with van der Waals surface area (Å²) in [7, 11) is 0. The van der Waals surface area contributed by atoms with Crippen molar-refractivity contribution in [2.45, 2.75) is 26.3 Å². The van der Waals surface area contributed by atoms with Gasteiger partial charge >= 0.3 is 0 Å². The summed E-state index contributed by atoms with van der Waals surface area (Å²) in [5.41, 5.74) is 16.7. The quantitative estimate of drug-likeness (QED) is 0.571. The van der Waals surface area contributed by atoms with Crippen molar-refractivity contribution in [3.63, 3.8) is 0 Å². The molecular weight excluding hydrogens is 298 g/mol. The number of guanidine groups is 1. The minimum Gasteiger partial charge on any atom is -0.370 e. The molecule has 2 aromatic carbocycles. The number of hydrogen-bond donors (Lipinski definition) is 2. The van der Waals surface area contributed by atoms with Gasteiger partial charge in [-0.3, -0.25) is 4.98 Å². The first-order valence-corrected chi connectivity index (χ1v) is 7.95. The van der Waals surface area contributed by atoms with Crippen LogP contribution < -0.4 is 11.5 Å². The fourth-order valence-electron chi connectivity index (χ4n) is 2.60. The number of benzene rings is 2. The highest BCUT2D eigenvalue weighted by Gasteiger charge is 2.08. The van der Waals surface area contributed by atoms with Crippen LogP contribution in [-0.4, -0.2) is 15.9 Å². The van der Waals surface area contributed by atoms with Crippen LogP contribution in [-0.2, 0) is 6.54 Å². The SMILES string of the molecule is CC(C)c1cccc(-c2cnc3c(CN=C(N)N)cccc3n2)c1. The van der Waals surface area contributed by atoms with Crippen molar-refractivity contribution >= 4 is 17.0 Å². The first-order valence-electron chi connectivity index (χ1n) is 7.95. The van der Waals surface area contributed by atoms with Crippen LogP contribution in [0.25, 0.3) is 22.3 Å². The predicted octanol–water partition coefficient (Wildman–Crippen LogP) is 3.19. The monoisotopic (exact) mass is 319 g/mol. The Morgan fingerprint density at radius 1 is 1.12 bits per heavy atom. The van der Waals surface area contributed by atoms with Gasteiger partial charge in [0.05, 0.1) is 29.5 Å². The van der Waals surface area contributed by atoms with Gasteiger partial charge in [0.15, 0.2) is 5.96 Å². The summed E-state index contributed by atoms with van der Waals surface area (Å²) in [5.74, 6) is 0.548. The van der Waals surface area contributed by atoms with Gasteiger partial charge in [0.1, 0.15) is 0 Å². The molecule has 0 bridgehead atoms. The number of para-hydroxylation sites is 1. The van der Waals surface area contributed by atoms with Gasteiger partial charge in [0.2, 0.25) is 0 Å². The first-order chi connectivity index (χ1) is 11.5. The van der Waals surface area contributed by atoms with Crippen molar-refractivity contribution < 1.29 is 0 Å². The lowest BCUT2D eigenvalue weighted by atomic mass is 10.00. The largest absolute Gasteiger partial charge is 0.370 e. The van der Waals surface area contributed by atoms with E-state index in [1.807, 2.05) is 18.2 Å². The molecule has 1 aromatic heterocycles. The molecule has 5 nitrogen and oxygen atoms in total. The lowest BCUT2D eigenvalue weighted by molar-refractivity contribution is 0.867. The minimum atomic E-state index is 0.0714. The van der Waals surface area contributed by atoms with Crippen LogP contribution in [0.2, 0.25) is 0 Å². The normalized spacial score (nSPS) is 11.0. The van der Waals surface area contributed by atoms with Gasteiger partial charge in [-0.25, -0.2) is 9.98 Å². The Bertz CT molecular complexity index is 895. The second-order valence-corrected chi connectivity index (χ2v) is 6.06. The van der Waals surface area contributed by atoms with Gasteiger partial charge < -0.3 is 11.5 Å². The van der Waals surface area contributed by atoms with E-state index < -0.39 is 0 Å². The van der Waals surface area contributed by atoms with Crippen molar-refractivity contribution in [3.8, 4) is 11.3 Å². The smallest absolute Gasteiger partial charge is 0.186 e. The summed E-state index contributed by atoms with van der Waals surface area (Å²) in [6.07, 6.45) is 1.81. The average molecular weight is 319 g/mol. The van der Waals surface area contributed by atoms with Gasteiger partial charge in [0.25, 0.3) is 0 Å². The number of hydrogen-bond acceptors (Lipinski definition) is 3. The highest BCUT2D eigenvalue weighted by molar-refractivity contribution is 5.81. The van der Waals surface area contributed by atoms with Crippen molar-refractivity contribution in [3.05, 3.63) is 59.8 Å². The number of aliphatic imine (C=N–C) groups is 1. The van der Waals surface area contributed by atoms with Crippen LogP contribution in [0.4, 0.5) is 0 Å². The molecule has 0 spiro atoms. The lowest BCUT2D eigenvalue weighted by Crippen LogP contribution is -2.22. The zero-order valence-corrected chi connectivity index (χ0v) is 13.9. The molecule has 3 rings (SSSR count). The van der Waals surface area contributed by atoms with Gasteiger partial charge in [-0.05, 0) is 23.6 Å². The third-order valence-corrected chi connectivity index (χ3v) is 3.94. The van der Waals surface area contributed by atoms with E-state index in [4.69, 9.17) is 16.5 Å². The molecule has 0 amide bonds.